The molecule has 0 spiro atoms. The second kappa shape index (κ2) is 5.21. The summed E-state index contributed by atoms with van der Waals surface area (Å²) in [6.45, 7) is 4.02. The third kappa shape index (κ3) is 2.51. The van der Waals surface area contributed by atoms with Crippen LogP contribution in [0.4, 0.5) is 0 Å². The van der Waals surface area contributed by atoms with Gasteiger partial charge in [-0.3, -0.25) is 4.40 Å². The molecule has 0 atom stereocenters. The van der Waals surface area contributed by atoms with Crippen LogP contribution in [0.15, 0.2) is 30.3 Å². The number of fused-ring (bicyclic) bond motifs is 1. The average molecular weight is 287 g/mol. The molecular weight excluding hydrogens is 272 g/mol. The molecule has 20 heavy (non-hydrogen) atoms. The van der Waals surface area contributed by atoms with E-state index in [0.29, 0.717) is 5.15 Å². The summed E-state index contributed by atoms with van der Waals surface area (Å²) in [5.74, 6) is 1.74. The van der Waals surface area contributed by atoms with Crippen LogP contribution >= 0.6 is 11.6 Å². The van der Waals surface area contributed by atoms with Crippen LogP contribution in [0.1, 0.15) is 22.8 Å². The number of aromatic nitrogens is 4. The minimum atomic E-state index is 0.452. The van der Waals surface area contributed by atoms with Gasteiger partial charge < -0.3 is 0 Å². The Morgan fingerprint density at radius 1 is 1.10 bits per heavy atom. The summed E-state index contributed by atoms with van der Waals surface area (Å²) in [4.78, 5) is 4.25. The quantitative estimate of drug-likeness (QED) is 0.695. The Hall–Kier alpha value is -1.94. The number of aryl methyl sites for hydroxylation is 4. The SMILES string of the molecule is Cc1cccc(CCc2nnc3cc(Cl)nc(C)n23)c1. The zero-order valence-corrected chi connectivity index (χ0v) is 12.2. The molecule has 0 saturated heterocycles. The van der Waals surface area contributed by atoms with E-state index in [2.05, 4.69) is 46.4 Å². The topological polar surface area (TPSA) is 43.1 Å². The lowest BCUT2D eigenvalue weighted by atomic mass is 10.1. The zero-order valence-electron chi connectivity index (χ0n) is 11.5. The van der Waals surface area contributed by atoms with Gasteiger partial charge in [-0.05, 0) is 25.8 Å². The van der Waals surface area contributed by atoms with E-state index in [1.165, 1.54) is 11.1 Å². The fourth-order valence-electron chi connectivity index (χ4n) is 2.41. The lowest BCUT2D eigenvalue weighted by Crippen LogP contribution is -2.03. The van der Waals surface area contributed by atoms with Crippen molar-refractivity contribution in [2.75, 3.05) is 0 Å². The molecule has 0 aliphatic rings. The highest BCUT2D eigenvalue weighted by Crippen LogP contribution is 2.14. The van der Waals surface area contributed by atoms with E-state index in [1.54, 1.807) is 6.07 Å². The van der Waals surface area contributed by atoms with Crippen molar-refractivity contribution in [3.63, 3.8) is 0 Å². The number of halogens is 1. The van der Waals surface area contributed by atoms with Crippen molar-refractivity contribution in [2.45, 2.75) is 26.7 Å². The van der Waals surface area contributed by atoms with Gasteiger partial charge in [0.2, 0.25) is 0 Å². The van der Waals surface area contributed by atoms with Crippen LogP contribution in [0.5, 0.6) is 0 Å². The molecule has 102 valence electrons. The highest BCUT2D eigenvalue weighted by atomic mass is 35.5. The van der Waals surface area contributed by atoms with Gasteiger partial charge in [-0.1, -0.05) is 41.4 Å². The largest absolute Gasteiger partial charge is 0.267 e. The number of rotatable bonds is 3. The predicted molar refractivity (Wildman–Crippen MR) is 79.1 cm³/mol. The summed E-state index contributed by atoms with van der Waals surface area (Å²) in [6, 6.07) is 10.3. The standard InChI is InChI=1S/C15H15ClN4/c1-10-4-3-5-12(8-10)6-7-14-18-19-15-9-13(16)17-11(2)20(14)15/h3-5,8-9H,6-7H2,1-2H3. The molecule has 4 nitrogen and oxygen atoms in total. The van der Waals surface area contributed by atoms with Crippen molar-refractivity contribution in [3.8, 4) is 0 Å². The molecule has 0 aliphatic heterocycles. The Morgan fingerprint density at radius 3 is 2.75 bits per heavy atom. The van der Waals surface area contributed by atoms with Crippen LogP contribution < -0.4 is 0 Å². The molecule has 3 rings (SSSR count). The molecule has 0 unspecified atom stereocenters. The average Bonchev–Trinajstić information content (AvgIpc) is 2.79. The van der Waals surface area contributed by atoms with Crippen molar-refractivity contribution in [1.29, 1.82) is 0 Å². The van der Waals surface area contributed by atoms with Crippen molar-refractivity contribution >= 4 is 17.2 Å². The Balaban J connectivity index is 1.88. The maximum atomic E-state index is 5.93. The summed E-state index contributed by atoms with van der Waals surface area (Å²) >= 11 is 5.93. The third-order valence-electron chi connectivity index (χ3n) is 3.32. The van der Waals surface area contributed by atoms with Crippen molar-refractivity contribution in [1.82, 2.24) is 19.6 Å². The monoisotopic (exact) mass is 286 g/mol. The van der Waals surface area contributed by atoms with E-state index in [-0.39, 0.29) is 0 Å². The summed E-state index contributed by atoms with van der Waals surface area (Å²) in [5.41, 5.74) is 3.33. The van der Waals surface area contributed by atoms with Crippen LogP contribution in [0.2, 0.25) is 5.15 Å². The zero-order chi connectivity index (χ0) is 14.1. The first-order valence-electron chi connectivity index (χ1n) is 6.56. The number of hydrogen-bond donors (Lipinski definition) is 0. The van der Waals surface area contributed by atoms with Crippen molar-refractivity contribution < 1.29 is 0 Å². The summed E-state index contributed by atoms with van der Waals surface area (Å²) in [5, 5.41) is 8.86. The lowest BCUT2D eigenvalue weighted by Gasteiger charge is -2.04. The van der Waals surface area contributed by atoms with Gasteiger partial charge in [0.1, 0.15) is 16.8 Å². The molecule has 0 radical (unpaired) electrons. The Bertz CT molecular complexity index is 764. The Labute approximate surface area is 122 Å². The minimum Gasteiger partial charge on any atom is -0.267 e. The molecule has 5 heteroatoms. The van der Waals surface area contributed by atoms with E-state index in [4.69, 9.17) is 11.6 Å². The van der Waals surface area contributed by atoms with Gasteiger partial charge in [0, 0.05) is 12.5 Å². The second-order valence-corrected chi connectivity index (χ2v) is 5.31. The van der Waals surface area contributed by atoms with E-state index in [9.17, 15) is 0 Å². The number of hydrogen-bond acceptors (Lipinski definition) is 3. The molecular formula is C15H15ClN4. The molecule has 3 aromatic rings. The molecule has 2 heterocycles. The maximum absolute atomic E-state index is 5.93. The summed E-state index contributed by atoms with van der Waals surface area (Å²) in [7, 11) is 0. The first-order chi connectivity index (χ1) is 9.63. The fraction of sp³-hybridized carbons (Fsp3) is 0.267. The van der Waals surface area contributed by atoms with Gasteiger partial charge in [0.25, 0.3) is 0 Å². The lowest BCUT2D eigenvalue weighted by molar-refractivity contribution is 0.815. The van der Waals surface area contributed by atoms with E-state index in [1.807, 2.05) is 11.3 Å². The van der Waals surface area contributed by atoms with Crippen LogP contribution in [0, 0.1) is 13.8 Å². The van der Waals surface area contributed by atoms with Crippen molar-refractivity contribution in [3.05, 3.63) is 58.3 Å². The highest BCUT2D eigenvalue weighted by molar-refractivity contribution is 6.29. The van der Waals surface area contributed by atoms with Crippen LogP contribution in [-0.4, -0.2) is 19.6 Å². The van der Waals surface area contributed by atoms with Gasteiger partial charge in [-0.2, -0.15) is 0 Å². The summed E-state index contributed by atoms with van der Waals surface area (Å²) < 4.78 is 1.96. The first-order valence-corrected chi connectivity index (χ1v) is 6.94. The van der Waals surface area contributed by atoms with Gasteiger partial charge >= 0.3 is 0 Å². The molecule has 2 aromatic heterocycles. The molecule has 0 saturated carbocycles. The van der Waals surface area contributed by atoms with Gasteiger partial charge in [-0.15, -0.1) is 10.2 Å². The Morgan fingerprint density at radius 2 is 1.95 bits per heavy atom. The normalized spacial score (nSPS) is 11.2. The summed E-state index contributed by atoms with van der Waals surface area (Å²) in [6.07, 6.45) is 1.76. The minimum absolute atomic E-state index is 0.452. The van der Waals surface area contributed by atoms with E-state index in [0.717, 1.165) is 30.1 Å². The fourth-order valence-corrected chi connectivity index (χ4v) is 2.63. The Kier molecular flexibility index (Phi) is 3.40. The van der Waals surface area contributed by atoms with Gasteiger partial charge in [-0.25, -0.2) is 4.98 Å². The van der Waals surface area contributed by atoms with Crippen LogP contribution in [0.25, 0.3) is 5.65 Å². The molecule has 0 N–H and O–H groups in total. The molecule has 0 aliphatic carbocycles. The van der Waals surface area contributed by atoms with Gasteiger partial charge in [0.05, 0.1) is 0 Å². The maximum Gasteiger partial charge on any atom is 0.165 e. The van der Waals surface area contributed by atoms with Gasteiger partial charge in [0.15, 0.2) is 5.65 Å². The molecule has 0 fully saturated rings. The first kappa shape index (κ1) is 13.1. The third-order valence-corrected chi connectivity index (χ3v) is 3.51. The predicted octanol–water partition coefficient (Wildman–Crippen LogP) is 3.18. The van der Waals surface area contributed by atoms with E-state index >= 15 is 0 Å². The smallest absolute Gasteiger partial charge is 0.165 e. The van der Waals surface area contributed by atoms with Crippen LogP contribution in [0.3, 0.4) is 0 Å². The van der Waals surface area contributed by atoms with Crippen LogP contribution in [-0.2, 0) is 12.8 Å². The second-order valence-electron chi connectivity index (χ2n) is 4.92. The highest BCUT2D eigenvalue weighted by Gasteiger charge is 2.09. The number of benzene rings is 1. The molecule has 1 aromatic carbocycles. The number of nitrogens with zero attached hydrogens (tertiary/aromatic N) is 4. The molecule has 0 amide bonds. The van der Waals surface area contributed by atoms with E-state index < -0.39 is 0 Å². The van der Waals surface area contributed by atoms with Crippen molar-refractivity contribution in [2.24, 2.45) is 0 Å². The molecule has 0 bridgehead atoms.